The first-order valence-electron chi connectivity index (χ1n) is 6.73. The average molecular weight is 277 g/mol. The molecule has 1 aliphatic rings. The molecule has 1 aromatic heterocycles. The van der Waals surface area contributed by atoms with Gasteiger partial charge in [-0.1, -0.05) is 5.16 Å². The molecule has 6 heteroatoms. The van der Waals surface area contributed by atoms with Crippen LogP contribution in [0.3, 0.4) is 0 Å². The number of ether oxygens (including phenoxy) is 1. The van der Waals surface area contributed by atoms with Gasteiger partial charge in [0.1, 0.15) is 11.6 Å². The number of aromatic nitrogens is 2. The minimum Gasteiger partial charge on any atom is -0.485 e. The second-order valence-corrected chi connectivity index (χ2v) is 4.82. The number of nitrogens with one attached hydrogen (secondary N) is 1. The molecule has 5 nitrogen and oxygen atoms in total. The van der Waals surface area contributed by atoms with E-state index in [1.54, 1.807) is 12.1 Å². The first-order valence-corrected chi connectivity index (χ1v) is 6.73. The highest BCUT2D eigenvalue weighted by Crippen LogP contribution is 2.23. The molecule has 1 N–H and O–H groups in total. The lowest BCUT2D eigenvalue weighted by molar-refractivity contribution is 0.280. The minimum atomic E-state index is -0.287. The third-order valence-electron chi connectivity index (χ3n) is 3.35. The second-order valence-electron chi connectivity index (χ2n) is 4.82. The standard InChI is InChI=1S/C14H16FN3O2/c15-11-1-3-12(4-2-11)19-9-13-17-14(20-18-13)10-5-7-16-8-6-10/h1-4,10,16H,5-9H2. The summed E-state index contributed by atoms with van der Waals surface area (Å²) in [6, 6.07) is 5.85. The molecule has 0 unspecified atom stereocenters. The molecule has 20 heavy (non-hydrogen) atoms. The van der Waals surface area contributed by atoms with E-state index in [4.69, 9.17) is 9.26 Å². The number of piperidine rings is 1. The summed E-state index contributed by atoms with van der Waals surface area (Å²) in [4.78, 5) is 4.36. The molecule has 0 amide bonds. The van der Waals surface area contributed by atoms with Crippen molar-refractivity contribution in [1.82, 2.24) is 15.5 Å². The van der Waals surface area contributed by atoms with E-state index in [1.165, 1.54) is 12.1 Å². The average Bonchev–Trinajstić information content (AvgIpc) is 2.97. The van der Waals surface area contributed by atoms with Crippen LogP contribution >= 0.6 is 0 Å². The van der Waals surface area contributed by atoms with Crippen LogP contribution in [0.5, 0.6) is 5.75 Å². The van der Waals surface area contributed by atoms with Gasteiger partial charge in [0.25, 0.3) is 0 Å². The first-order chi connectivity index (χ1) is 9.81. The van der Waals surface area contributed by atoms with Crippen molar-refractivity contribution < 1.29 is 13.7 Å². The van der Waals surface area contributed by atoms with E-state index in [0.29, 0.717) is 23.4 Å². The van der Waals surface area contributed by atoms with Crippen molar-refractivity contribution >= 4 is 0 Å². The lowest BCUT2D eigenvalue weighted by Gasteiger charge is -2.18. The number of hydrogen-bond acceptors (Lipinski definition) is 5. The molecule has 0 radical (unpaired) electrons. The van der Waals surface area contributed by atoms with E-state index in [2.05, 4.69) is 15.5 Å². The Labute approximate surface area is 116 Å². The Morgan fingerprint density at radius 1 is 1.25 bits per heavy atom. The summed E-state index contributed by atoms with van der Waals surface area (Å²) in [5.41, 5.74) is 0. The van der Waals surface area contributed by atoms with Crippen LogP contribution in [-0.2, 0) is 6.61 Å². The van der Waals surface area contributed by atoms with Crippen molar-refractivity contribution in [3.05, 3.63) is 41.8 Å². The smallest absolute Gasteiger partial charge is 0.229 e. The van der Waals surface area contributed by atoms with Crippen LogP contribution in [0.4, 0.5) is 4.39 Å². The predicted molar refractivity (Wildman–Crippen MR) is 69.9 cm³/mol. The van der Waals surface area contributed by atoms with E-state index in [1.807, 2.05) is 0 Å². The van der Waals surface area contributed by atoms with Gasteiger partial charge >= 0.3 is 0 Å². The lowest BCUT2D eigenvalue weighted by atomic mass is 9.98. The van der Waals surface area contributed by atoms with Crippen LogP contribution in [0.15, 0.2) is 28.8 Å². The Kier molecular flexibility index (Phi) is 3.92. The zero-order valence-electron chi connectivity index (χ0n) is 11.0. The van der Waals surface area contributed by atoms with Crippen molar-refractivity contribution in [3.8, 4) is 5.75 Å². The molecule has 0 spiro atoms. The Morgan fingerprint density at radius 3 is 2.75 bits per heavy atom. The lowest BCUT2D eigenvalue weighted by Crippen LogP contribution is -2.26. The van der Waals surface area contributed by atoms with Gasteiger partial charge in [0.15, 0.2) is 6.61 Å². The van der Waals surface area contributed by atoms with Gasteiger partial charge in [-0.15, -0.1) is 0 Å². The zero-order chi connectivity index (χ0) is 13.8. The van der Waals surface area contributed by atoms with Crippen LogP contribution in [-0.4, -0.2) is 23.2 Å². The monoisotopic (exact) mass is 277 g/mol. The fraction of sp³-hybridized carbons (Fsp3) is 0.429. The first kappa shape index (κ1) is 13.1. The summed E-state index contributed by atoms with van der Waals surface area (Å²) in [6.07, 6.45) is 2.03. The maximum absolute atomic E-state index is 12.8. The number of halogens is 1. The largest absolute Gasteiger partial charge is 0.485 e. The highest BCUT2D eigenvalue weighted by atomic mass is 19.1. The molecule has 0 bridgehead atoms. The molecule has 1 fully saturated rings. The Bertz CT molecular complexity index is 550. The molecule has 3 rings (SSSR count). The van der Waals surface area contributed by atoms with Crippen molar-refractivity contribution in [2.45, 2.75) is 25.4 Å². The van der Waals surface area contributed by atoms with Gasteiger partial charge in [-0.05, 0) is 50.2 Å². The predicted octanol–water partition coefficient (Wildman–Crippen LogP) is 2.25. The van der Waals surface area contributed by atoms with Crippen LogP contribution < -0.4 is 10.1 Å². The fourth-order valence-corrected chi connectivity index (χ4v) is 2.24. The molecular weight excluding hydrogens is 261 g/mol. The fourth-order valence-electron chi connectivity index (χ4n) is 2.24. The Balaban J connectivity index is 1.58. The number of rotatable bonds is 4. The second kappa shape index (κ2) is 6.00. The van der Waals surface area contributed by atoms with Crippen LogP contribution in [0.1, 0.15) is 30.5 Å². The summed E-state index contributed by atoms with van der Waals surface area (Å²) in [5.74, 6) is 1.83. The summed E-state index contributed by atoms with van der Waals surface area (Å²) < 4.78 is 23.5. The molecule has 106 valence electrons. The van der Waals surface area contributed by atoms with E-state index >= 15 is 0 Å². The molecular formula is C14H16FN3O2. The summed E-state index contributed by atoms with van der Waals surface area (Å²) in [6.45, 7) is 2.18. The van der Waals surface area contributed by atoms with E-state index < -0.39 is 0 Å². The number of nitrogens with zero attached hydrogens (tertiary/aromatic N) is 2. The van der Waals surface area contributed by atoms with Gasteiger partial charge in [0.05, 0.1) is 0 Å². The number of hydrogen-bond donors (Lipinski definition) is 1. The summed E-state index contributed by atoms with van der Waals surface area (Å²) in [7, 11) is 0. The van der Waals surface area contributed by atoms with Gasteiger partial charge in [-0.25, -0.2) is 4.39 Å². The van der Waals surface area contributed by atoms with Crippen LogP contribution in [0.2, 0.25) is 0 Å². The molecule has 0 atom stereocenters. The Morgan fingerprint density at radius 2 is 2.00 bits per heavy atom. The van der Waals surface area contributed by atoms with Gasteiger partial charge in [0.2, 0.25) is 11.7 Å². The van der Waals surface area contributed by atoms with Crippen LogP contribution in [0, 0.1) is 5.82 Å². The van der Waals surface area contributed by atoms with Gasteiger partial charge in [-0.3, -0.25) is 0 Å². The van der Waals surface area contributed by atoms with Gasteiger partial charge in [-0.2, -0.15) is 4.98 Å². The van der Waals surface area contributed by atoms with E-state index in [9.17, 15) is 4.39 Å². The molecule has 1 saturated heterocycles. The van der Waals surface area contributed by atoms with Crippen molar-refractivity contribution in [2.75, 3.05) is 13.1 Å². The van der Waals surface area contributed by atoms with Crippen LogP contribution in [0.25, 0.3) is 0 Å². The molecule has 1 aromatic carbocycles. The molecule has 1 aliphatic heterocycles. The van der Waals surface area contributed by atoms with Crippen molar-refractivity contribution in [2.24, 2.45) is 0 Å². The molecule has 2 heterocycles. The zero-order valence-corrected chi connectivity index (χ0v) is 11.0. The SMILES string of the molecule is Fc1ccc(OCc2noc(C3CCNCC3)n2)cc1. The topological polar surface area (TPSA) is 60.2 Å². The molecule has 2 aromatic rings. The molecule has 0 aliphatic carbocycles. The normalized spacial score (nSPS) is 16.2. The van der Waals surface area contributed by atoms with E-state index in [-0.39, 0.29) is 12.4 Å². The summed E-state index contributed by atoms with van der Waals surface area (Å²) >= 11 is 0. The maximum Gasteiger partial charge on any atom is 0.229 e. The van der Waals surface area contributed by atoms with E-state index in [0.717, 1.165) is 25.9 Å². The quantitative estimate of drug-likeness (QED) is 0.928. The Hall–Kier alpha value is -1.95. The summed E-state index contributed by atoms with van der Waals surface area (Å²) in [5, 5.41) is 7.22. The van der Waals surface area contributed by atoms with Crippen molar-refractivity contribution in [1.29, 1.82) is 0 Å². The maximum atomic E-state index is 12.8. The highest BCUT2D eigenvalue weighted by molar-refractivity contribution is 5.22. The minimum absolute atomic E-state index is 0.222. The van der Waals surface area contributed by atoms with Gasteiger partial charge in [0, 0.05) is 5.92 Å². The third kappa shape index (κ3) is 3.14. The van der Waals surface area contributed by atoms with Gasteiger partial charge < -0.3 is 14.6 Å². The third-order valence-corrected chi connectivity index (χ3v) is 3.35. The highest BCUT2D eigenvalue weighted by Gasteiger charge is 2.21. The molecule has 0 saturated carbocycles. The number of benzene rings is 1. The van der Waals surface area contributed by atoms with Crippen molar-refractivity contribution in [3.63, 3.8) is 0 Å².